The maximum Gasteiger partial charge on any atom is 0.326 e. The third-order valence-corrected chi connectivity index (χ3v) is 6.01. The fraction of sp³-hybridized carbons (Fsp3) is 0.476. The molecule has 1 aromatic heterocycles. The van der Waals surface area contributed by atoms with Gasteiger partial charge in [0.05, 0.1) is 12.1 Å². The molecule has 2 N–H and O–H groups in total. The van der Waals surface area contributed by atoms with E-state index in [9.17, 15) is 14.7 Å². The summed E-state index contributed by atoms with van der Waals surface area (Å²) in [4.78, 5) is 30.9. The Hall–Kier alpha value is -2.67. The highest BCUT2D eigenvalue weighted by atomic mass is 16.4. The molecule has 148 valence electrons. The van der Waals surface area contributed by atoms with Gasteiger partial charge in [-0.2, -0.15) is 0 Å². The van der Waals surface area contributed by atoms with Crippen molar-refractivity contribution in [1.82, 2.24) is 15.2 Å². The van der Waals surface area contributed by atoms with Gasteiger partial charge in [0, 0.05) is 12.1 Å². The first-order valence-electron chi connectivity index (χ1n) is 9.72. The van der Waals surface area contributed by atoms with Crippen LogP contribution in [0.5, 0.6) is 0 Å². The van der Waals surface area contributed by atoms with Gasteiger partial charge >= 0.3 is 5.97 Å². The highest BCUT2D eigenvalue weighted by Gasteiger charge is 2.48. The van der Waals surface area contributed by atoms with E-state index < -0.39 is 12.0 Å². The molecule has 1 atom stereocenters. The summed E-state index contributed by atoms with van der Waals surface area (Å²) in [5, 5.41) is 13.0. The number of carbonyl (C=O) groups is 2. The quantitative estimate of drug-likeness (QED) is 0.841. The zero-order valence-corrected chi connectivity index (χ0v) is 16.0. The number of hydrogen-bond acceptors (Lipinski definition) is 5. The third kappa shape index (κ3) is 3.54. The number of oxazole rings is 1. The molecule has 1 spiro atoms. The number of aliphatic carboxylic acids is 1. The molecule has 2 aliphatic heterocycles. The van der Waals surface area contributed by atoms with Crippen LogP contribution in [0.15, 0.2) is 34.7 Å². The Morgan fingerprint density at radius 1 is 1.29 bits per heavy atom. The number of carboxylic acid groups (broad SMARTS) is 1. The van der Waals surface area contributed by atoms with Crippen molar-refractivity contribution in [3.05, 3.63) is 41.8 Å². The predicted molar refractivity (Wildman–Crippen MR) is 103 cm³/mol. The molecule has 7 heteroatoms. The number of rotatable bonds is 4. The Morgan fingerprint density at radius 3 is 2.68 bits per heavy atom. The minimum Gasteiger partial charge on any atom is -0.480 e. The Morgan fingerprint density at radius 2 is 2.00 bits per heavy atom. The first-order valence-corrected chi connectivity index (χ1v) is 9.72. The van der Waals surface area contributed by atoms with E-state index in [1.54, 1.807) is 11.8 Å². The molecule has 0 aliphatic carbocycles. The third-order valence-electron chi connectivity index (χ3n) is 6.01. The molecule has 28 heavy (non-hydrogen) atoms. The molecule has 2 aliphatic rings. The van der Waals surface area contributed by atoms with Crippen LogP contribution in [0.25, 0.3) is 11.5 Å². The van der Waals surface area contributed by atoms with Crippen molar-refractivity contribution >= 4 is 11.9 Å². The largest absolute Gasteiger partial charge is 0.480 e. The molecule has 0 saturated carbocycles. The maximum absolute atomic E-state index is 13.0. The molecular weight excluding hydrogens is 358 g/mol. The van der Waals surface area contributed by atoms with E-state index in [1.807, 2.05) is 30.3 Å². The van der Waals surface area contributed by atoms with Crippen molar-refractivity contribution in [3.63, 3.8) is 0 Å². The van der Waals surface area contributed by atoms with Gasteiger partial charge in [-0.15, -0.1) is 0 Å². The fourth-order valence-corrected chi connectivity index (χ4v) is 4.40. The van der Waals surface area contributed by atoms with Crippen LogP contribution in [-0.4, -0.2) is 52.5 Å². The van der Waals surface area contributed by atoms with Gasteiger partial charge in [0.2, 0.25) is 11.8 Å². The second kappa shape index (κ2) is 7.39. The maximum atomic E-state index is 13.0. The molecule has 7 nitrogen and oxygen atoms in total. The van der Waals surface area contributed by atoms with Crippen LogP contribution < -0.4 is 5.32 Å². The van der Waals surface area contributed by atoms with Gasteiger partial charge in [0.15, 0.2) is 0 Å². The number of aromatic nitrogens is 1. The number of carbonyl (C=O) groups excluding carboxylic acids is 1. The lowest BCUT2D eigenvalue weighted by molar-refractivity contribution is -0.148. The van der Waals surface area contributed by atoms with Gasteiger partial charge in [-0.05, 0) is 56.8 Å². The number of hydrogen-bond donors (Lipinski definition) is 2. The van der Waals surface area contributed by atoms with E-state index in [2.05, 4.69) is 10.3 Å². The van der Waals surface area contributed by atoms with Crippen molar-refractivity contribution in [2.75, 3.05) is 19.6 Å². The SMILES string of the molecule is Cc1oc(-c2ccccc2)nc1CC(=O)N1CC2(CCNCC2)C[C@@H]1C(=O)O. The van der Waals surface area contributed by atoms with E-state index in [1.165, 1.54) is 0 Å². The molecule has 1 amide bonds. The van der Waals surface area contributed by atoms with Crippen molar-refractivity contribution in [2.24, 2.45) is 5.41 Å². The van der Waals surface area contributed by atoms with Crippen LogP contribution in [0.3, 0.4) is 0 Å². The highest BCUT2D eigenvalue weighted by molar-refractivity contribution is 5.85. The van der Waals surface area contributed by atoms with Crippen LogP contribution in [0.2, 0.25) is 0 Å². The summed E-state index contributed by atoms with van der Waals surface area (Å²) in [6.07, 6.45) is 2.40. The summed E-state index contributed by atoms with van der Waals surface area (Å²) >= 11 is 0. The first kappa shape index (κ1) is 18.7. The lowest BCUT2D eigenvalue weighted by atomic mass is 9.77. The van der Waals surface area contributed by atoms with E-state index in [-0.39, 0.29) is 17.7 Å². The standard InChI is InChI=1S/C21H25N3O4/c1-14-16(23-19(28-14)15-5-3-2-4-6-15)11-18(25)24-13-21(7-9-22-10-8-21)12-17(24)20(26)27/h2-6,17,22H,7-13H2,1H3,(H,26,27)/t17-/m1/s1. The Balaban J connectivity index is 1.53. The Bertz CT molecular complexity index is 871. The van der Waals surface area contributed by atoms with E-state index >= 15 is 0 Å². The number of nitrogens with one attached hydrogen (secondary N) is 1. The molecule has 1 aromatic carbocycles. The average molecular weight is 383 g/mol. The van der Waals surface area contributed by atoms with Crippen molar-refractivity contribution in [1.29, 1.82) is 0 Å². The lowest BCUT2D eigenvalue weighted by Crippen LogP contribution is -2.42. The highest BCUT2D eigenvalue weighted by Crippen LogP contribution is 2.42. The normalized spacial score (nSPS) is 21.2. The minimum atomic E-state index is -0.925. The summed E-state index contributed by atoms with van der Waals surface area (Å²) in [5.41, 5.74) is 1.33. The molecule has 0 unspecified atom stereocenters. The van der Waals surface area contributed by atoms with Gasteiger partial charge in [-0.3, -0.25) is 4.79 Å². The number of benzene rings is 1. The molecule has 2 fully saturated rings. The lowest BCUT2D eigenvalue weighted by Gasteiger charge is -2.33. The molecular formula is C21H25N3O4. The van der Waals surface area contributed by atoms with Crippen LogP contribution in [0, 0.1) is 12.3 Å². The van der Waals surface area contributed by atoms with E-state index in [4.69, 9.17) is 4.42 Å². The van der Waals surface area contributed by atoms with Crippen molar-refractivity contribution in [3.8, 4) is 11.5 Å². The van der Waals surface area contributed by atoms with Gasteiger partial charge in [0.25, 0.3) is 0 Å². The predicted octanol–water partition coefficient (Wildman–Crippen LogP) is 2.25. The number of aryl methyl sites for hydroxylation is 1. The van der Waals surface area contributed by atoms with Crippen molar-refractivity contribution < 1.29 is 19.1 Å². The topological polar surface area (TPSA) is 95.7 Å². The second-order valence-electron chi connectivity index (χ2n) is 7.89. The Kier molecular flexibility index (Phi) is 4.93. The number of nitrogens with zero attached hydrogens (tertiary/aromatic N) is 2. The molecule has 0 bridgehead atoms. The summed E-state index contributed by atoms with van der Waals surface area (Å²) in [6, 6.07) is 8.77. The zero-order valence-electron chi connectivity index (χ0n) is 16.0. The van der Waals surface area contributed by atoms with Gasteiger partial charge in [-0.25, -0.2) is 9.78 Å². The summed E-state index contributed by atoms with van der Waals surface area (Å²) < 4.78 is 5.74. The summed E-state index contributed by atoms with van der Waals surface area (Å²) in [5.74, 6) is -0.0498. The van der Waals surface area contributed by atoms with Crippen LogP contribution >= 0.6 is 0 Å². The Labute approximate surface area is 163 Å². The minimum absolute atomic E-state index is 0.0558. The smallest absolute Gasteiger partial charge is 0.326 e. The fourth-order valence-electron chi connectivity index (χ4n) is 4.40. The van der Waals surface area contributed by atoms with Crippen LogP contribution in [0.1, 0.15) is 30.7 Å². The number of amides is 1. The average Bonchev–Trinajstić information content (AvgIpc) is 3.25. The van der Waals surface area contributed by atoms with Gasteiger partial charge in [0.1, 0.15) is 11.8 Å². The number of likely N-dealkylation sites (tertiary alicyclic amines) is 1. The van der Waals surface area contributed by atoms with E-state index in [0.717, 1.165) is 31.5 Å². The van der Waals surface area contributed by atoms with Crippen LogP contribution in [-0.2, 0) is 16.0 Å². The zero-order chi connectivity index (χ0) is 19.7. The van der Waals surface area contributed by atoms with Gasteiger partial charge in [-0.1, -0.05) is 18.2 Å². The van der Waals surface area contributed by atoms with E-state index in [0.29, 0.717) is 30.3 Å². The molecule has 2 aromatic rings. The molecule has 2 saturated heterocycles. The summed E-state index contributed by atoms with van der Waals surface area (Å²) in [6.45, 7) is 4.04. The van der Waals surface area contributed by atoms with Crippen molar-refractivity contribution in [2.45, 2.75) is 38.6 Å². The number of piperidine rings is 1. The van der Waals surface area contributed by atoms with Crippen LogP contribution in [0.4, 0.5) is 0 Å². The monoisotopic (exact) mass is 383 g/mol. The summed E-state index contributed by atoms with van der Waals surface area (Å²) in [7, 11) is 0. The first-order chi connectivity index (χ1) is 13.5. The molecule has 3 heterocycles. The molecule has 4 rings (SSSR count). The number of carboxylic acids is 1. The van der Waals surface area contributed by atoms with Gasteiger partial charge < -0.3 is 19.7 Å². The second-order valence-corrected chi connectivity index (χ2v) is 7.89. The molecule has 0 radical (unpaired) electrons.